The standard InChI is InChI=1S/6CHNO.3CH4/c6*2-1-3;;;/h6*2H;3*1H4. The van der Waals surface area contributed by atoms with Gasteiger partial charge < -0.3 is 0 Å². The molecule has 12 nitrogen and oxygen atoms in total. The van der Waals surface area contributed by atoms with E-state index in [1.165, 1.54) is 0 Å². The van der Waals surface area contributed by atoms with Gasteiger partial charge in [0.2, 0.25) is 36.5 Å². The summed E-state index contributed by atoms with van der Waals surface area (Å²) in [6, 6.07) is 0. The molecule has 0 amide bonds. The maximum Gasteiger partial charge on any atom is 0.231 e. The number of nitrogens with one attached hydrogen (secondary N) is 6. The molecule has 0 aliphatic heterocycles. The average molecular weight is 306 g/mol. The Bertz CT molecular complexity index is 252. The van der Waals surface area contributed by atoms with Crippen LogP contribution in [0.4, 0.5) is 0 Å². The first-order chi connectivity index (χ1) is 8.49. The minimum atomic E-state index is 0. The molecule has 0 aromatic rings. The minimum Gasteiger partial charge on any atom is -0.222 e. The topological polar surface area (TPSA) is 246 Å². The van der Waals surface area contributed by atoms with Crippen molar-refractivity contribution in [1.82, 2.24) is 0 Å². The number of isocyanates is 6. The Labute approximate surface area is 121 Å². The lowest BCUT2D eigenvalue weighted by Crippen LogP contribution is -1.16. The van der Waals surface area contributed by atoms with Gasteiger partial charge in [0, 0.05) is 0 Å². The van der Waals surface area contributed by atoms with E-state index < -0.39 is 0 Å². The minimum absolute atomic E-state index is 0. The molecule has 0 rings (SSSR count). The quantitative estimate of drug-likeness (QED) is 0.284. The van der Waals surface area contributed by atoms with Gasteiger partial charge in [0.1, 0.15) is 0 Å². The lowest BCUT2D eigenvalue weighted by Gasteiger charge is -1.02. The fourth-order valence-corrected chi connectivity index (χ4v) is 0. The Morgan fingerprint density at radius 3 is 0.333 bits per heavy atom. The lowest BCUT2D eigenvalue weighted by atomic mass is 11.7. The van der Waals surface area contributed by atoms with E-state index in [1.807, 2.05) is 0 Å². The number of hydrogen-bond donors (Lipinski definition) is 6. The van der Waals surface area contributed by atoms with Crippen LogP contribution < -0.4 is 0 Å². The van der Waals surface area contributed by atoms with E-state index in [4.69, 9.17) is 61.2 Å². The fraction of sp³-hybridized carbons (Fsp3) is 0.333. The molecule has 0 fully saturated rings. The Morgan fingerprint density at radius 1 is 0.333 bits per heavy atom. The molecule has 120 valence electrons. The molecule has 0 spiro atoms. The zero-order chi connectivity index (χ0) is 16.2. The maximum atomic E-state index is 8.35. The van der Waals surface area contributed by atoms with Crippen molar-refractivity contribution in [3.63, 3.8) is 0 Å². The van der Waals surface area contributed by atoms with Crippen molar-refractivity contribution in [3.05, 3.63) is 0 Å². The van der Waals surface area contributed by atoms with Gasteiger partial charge in [0.15, 0.2) is 0 Å². The molecule has 21 heavy (non-hydrogen) atoms. The Balaban J connectivity index is -0.0000000114. The van der Waals surface area contributed by atoms with Gasteiger partial charge in [-0.25, -0.2) is 61.2 Å². The zero-order valence-corrected chi connectivity index (χ0v) is 8.45. The highest BCUT2D eigenvalue weighted by Crippen LogP contribution is 0.883. The molecule has 0 unspecified atom stereocenters. The highest BCUT2D eigenvalue weighted by molar-refractivity contribution is 5.27. The van der Waals surface area contributed by atoms with Crippen molar-refractivity contribution >= 4 is 36.5 Å². The van der Waals surface area contributed by atoms with Crippen LogP contribution in [0, 0.1) is 32.5 Å². The molecule has 0 bridgehead atoms. The van der Waals surface area contributed by atoms with E-state index in [-0.39, 0.29) is 22.3 Å². The highest BCUT2D eigenvalue weighted by atomic mass is 16.1. The summed E-state index contributed by atoms with van der Waals surface area (Å²) < 4.78 is 0. The Hall–Kier alpha value is -3.72. The van der Waals surface area contributed by atoms with E-state index in [1.54, 1.807) is 0 Å². The van der Waals surface area contributed by atoms with Gasteiger partial charge in [0.05, 0.1) is 0 Å². The van der Waals surface area contributed by atoms with Crippen molar-refractivity contribution in [2.24, 2.45) is 0 Å². The summed E-state index contributed by atoms with van der Waals surface area (Å²) in [6.45, 7) is 0. The van der Waals surface area contributed by atoms with Crippen molar-refractivity contribution < 1.29 is 28.8 Å². The molecule has 0 saturated carbocycles. The molecule has 0 aromatic carbocycles. The summed E-state index contributed by atoms with van der Waals surface area (Å²) in [5, 5.41) is 32.4. The highest BCUT2D eigenvalue weighted by Gasteiger charge is 1.05. The van der Waals surface area contributed by atoms with Crippen LogP contribution in [0.3, 0.4) is 0 Å². The summed E-state index contributed by atoms with van der Waals surface area (Å²) in [7, 11) is 0. The summed E-state index contributed by atoms with van der Waals surface area (Å²) in [6.07, 6.45) is 4.50. The molecule has 12 heteroatoms. The zero-order valence-electron chi connectivity index (χ0n) is 8.45. The van der Waals surface area contributed by atoms with Crippen molar-refractivity contribution in [1.29, 1.82) is 32.5 Å². The van der Waals surface area contributed by atoms with E-state index in [0.717, 1.165) is 36.5 Å². The molecular formula is C9H18N6O6. The third-order valence-electron chi connectivity index (χ3n) is 0. The maximum absolute atomic E-state index is 8.35. The number of hydrogen-bond acceptors (Lipinski definition) is 12. The van der Waals surface area contributed by atoms with E-state index in [2.05, 4.69) is 0 Å². The van der Waals surface area contributed by atoms with Crippen molar-refractivity contribution in [2.75, 3.05) is 0 Å². The SMILES string of the molecule is C.C.C.N=C=O.N=C=O.N=C=O.N=C=O.N=C=O.N=C=O. The smallest absolute Gasteiger partial charge is 0.222 e. The van der Waals surface area contributed by atoms with Gasteiger partial charge in [0.25, 0.3) is 0 Å². The fourth-order valence-electron chi connectivity index (χ4n) is 0. The van der Waals surface area contributed by atoms with Crippen LogP contribution in [0.1, 0.15) is 22.3 Å². The van der Waals surface area contributed by atoms with Gasteiger partial charge in [-0.05, 0) is 0 Å². The van der Waals surface area contributed by atoms with Crippen molar-refractivity contribution in [3.8, 4) is 0 Å². The Kier molecular flexibility index (Phi) is 2330. The first-order valence-corrected chi connectivity index (χ1v) is 2.72. The van der Waals surface area contributed by atoms with Gasteiger partial charge >= 0.3 is 0 Å². The largest absolute Gasteiger partial charge is 0.231 e. The molecule has 0 aliphatic carbocycles. The van der Waals surface area contributed by atoms with E-state index in [9.17, 15) is 0 Å². The molecular weight excluding hydrogens is 288 g/mol. The van der Waals surface area contributed by atoms with Crippen LogP contribution in [0.25, 0.3) is 0 Å². The van der Waals surface area contributed by atoms with Crippen LogP contribution >= 0.6 is 0 Å². The summed E-state index contributed by atoms with van der Waals surface area (Å²) in [5.41, 5.74) is 0. The summed E-state index contributed by atoms with van der Waals surface area (Å²) >= 11 is 0. The van der Waals surface area contributed by atoms with Gasteiger partial charge in [-0.1, -0.05) is 22.3 Å². The molecule has 0 saturated heterocycles. The monoisotopic (exact) mass is 306 g/mol. The molecule has 0 aromatic heterocycles. The first-order valence-electron chi connectivity index (χ1n) is 2.72. The number of rotatable bonds is 0. The third kappa shape index (κ3) is 240. The predicted molar refractivity (Wildman–Crippen MR) is 70.7 cm³/mol. The molecule has 0 radical (unpaired) electrons. The predicted octanol–water partition coefficient (Wildman–Crippen LogP) is 1.31. The van der Waals surface area contributed by atoms with Crippen molar-refractivity contribution in [2.45, 2.75) is 22.3 Å². The Morgan fingerprint density at radius 2 is 0.333 bits per heavy atom. The van der Waals surface area contributed by atoms with Crippen LogP contribution in [-0.4, -0.2) is 36.5 Å². The van der Waals surface area contributed by atoms with Crippen LogP contribution in [-0.2, 0) is 28.8 Å². The molecule has 0 atom stereocenters. The van der Waals surface area contributed by atoms with Crippen LogP contribution in [0.15, 0.2) is 0 Å². The van der Waals surface area contributed by atoms with E-state index in [0.29, 0.717) is 0 Å². The average Bonchev–Trinajstić information content (AvgIpc) is 2.23. The van der Waals surface area contributed by atoms with Crippen LogP contribution in [0.2, 0.25) is 0 Å². The molecule has 6 N–H and O–H groups in total. The van der Waals surface area contributed by atoms with Crippen LogP contribution in [0.5, 0.6) is 0 Å². The van der Waals surface area contributed by atoms with E-state index >= 15 is 0 Å². The second-order valence-corrected chi connectivity index (χ2v) is 0.612. The second kappa shape index (κ2) is 731. The molecule has 0 aliphatic rings. The van der Waals surface area contributed by atoms with Gasteiger partial charge in [-0.2, -0.15) is 0 Å². The van der Waals surface area contributed by atoms with Gasteiger partial charge in [-0.3, -0.25) is 0 Å². The number of carbonyl (C=O) groups excluding carboxylic acids is 6. The second-order valence-electron chi connectivity index (χ2n) is 0.612. The molecule has 0 heterocycles. The lowest BCUT2D eigenvalue weighted by molar-refractivity contribution is 0.562. The van der Waals surface area contributed by atoms with Gasteiger partial charge in [-0.15, -0.1) is 0 Å². The normalized spacial score (nSPS) is 2.29. The summed E-state index contributed by atoms with van der Waals surface area (Å²) in [4.78, 5) is 50.1. The first kappa shape index (κ1) is 66.8. The third-order valence-corrected chi connectivity index (χ3v) is 0. The summed E-state index contributed by atoms with van der Waals surface area (Å²) in [5.74, 6) is 0.